The summed E-state index contributed by atoms with van der Waals surface area (Å²) >= 11 is 6.41. The number of amides is 1. The Balaban J connectivity index is 1.42. The van der Waals surface area contributed by atoms with E-state index < -0.39 is 0 Å². The van der Waals surface area contributed by atoms with Gasteiger partial charge in [0, 0.05) is 18.0 Å². The fraction of sp³-hybridized carbons (Fsp3) is 0.621. The van der Waals surface area contributed by atoms with Crippen LogP contribution < -0.4 is 5.32 Å². The Morgan fingerprint density at radius 2 is 1.95 bits per heavy atom. The average molecular weight is 530 g/mol. The van der Waals surface area contributed by atoms with Crippen LogP contribution in [-0.4, -0.2) is 48.5 Å². The molecule has 1 aromatic carbocycles. The van der Waals surface area contributed by atoms with Gasteiger partial charge in [-0.05, 0) is 68.0 Å². The van der Waals surface area contributed by atoms with E-state index in [-0.39, 0.29) is 24.3 Å². The van der Waals surface area contributed by atoms with Crippen molar-refractivity contribution < 1.29 is 18.7 Å². The molecule has 2 aromatic rings. The third-order valence-corrected chi connectivity index (χ3v) is 8.01. The van der Waals surface area contributed by atoms with Crippen molar-refractivity contribution in [1.29, 1.82) is 0 Å². The molecule has 1 saturated heterocycles. The maximum absolute atomic E-state index is 12.8. The first kappa shape index (κ1) is 27.6. The fourth-order valence-corrected chi connectivity index (χ4v) is 5.90. The zero-order valence-electron chi connectivity index (χ0n) is 22.0. The van der Waals surface area contributed by atoms with E-state index in [0.717, 1.165) is 55.8 Å². The number of hydrogen-bond donors (Lipinski definition) is 1. The summed E-state index contributed by atoms with van der Waals surface area (Å²) in [6, 6.07) is 5.44. The standard InChI is InChI=1S/C29H40ClN3O4/c1-36-26(34)15-13-22-12-14-23(30)19-24(22)27(33-17-7-8-18-33)29-32-25(20-37-29)28(35)31-16-6-5-11-21-9-3-2-4-10-21/h12,14,19-21,27H,2-11,13,15-18H2,1H3,(H,31,35). The lowest BCUT2D eigenvalue weighted by Gasteiger charge is -2.27. The van der Waals surface area contributed by atoms with Crippen molar-refractivity contribution in [2.75, 3.05) is 26.7 Å². The Morgan fingerprint density at radius 1 is 1.16 bits per heavy atom. The Hall–Kier alpha value is -2.38. The van der Waals surface area contributed by atoms with E-state index in [2.05, 4.69) is 15.2 Å². The summed E-state index contributed by atoms with van der Waals surface area (Å²) in [5, 5.41) is 3.62. The quantitative estimate of drug-likeness (QED) is 0.264. The van der Waals surface area contributed by atoms with E-state index in [0.29, 0.717) is 29.6 Å². The van der Waals surface area contributed by atoms with Gasteiger partial charge in [-0.1, -0.05) is 62.6 Å². The van der Waals surface area contributed by atoms with E-state index in [4.69, 9.17) is 20.8 Å². The molecule has 0 bridgehead atoms. The molecule has 2 aliphatic rings. The zero-order chi connectivity index (χ0) is 26.0. The number of ether oxygens (including phenoxy) is 1. The van der Waals surface area contributed by atoms with Gasteiger partial charge in [0.15, 0.2) is 5.69 Å². The number of nitrogens with one attached hydrogen (secondary N) is 1. The molecular formula is C29H40ClN3O4. The molecule has 1 aromatic heterocycles. The second kappa shape index (κ2) is 14.0. The highest BCUT2D eigenvalue weighted by molar-refractivity contribution is 6.30. The van der Waals surface area contributed by atoms with Crippen LogP contribution >= 0.6 is 11.6 Å². The molecule has 1 saturated carbocycles. The number of methoxy groups -OCH3 is 1. The number of halogens is 1. The molecule has 2 fully saturated rings. The van der Waals surface area contributed by atoms with Crippen molar-refractivity contribution >= 4 is 23.5 Å². The van der Waals surface area contributed by atoms with Crippen LogP contribution in [0.15, 0.2) is 28.9 Å². The second-order valence-corrected chi connectivity index (χ2v) is 10.8. The lowest BCUT2D eigenvalue weighted by molar-refractivity contribution is -0.140. The highest BCUT2D eigenvalue weighted by Gasteiger charge is 2.31. The minimum absolute atomic E-state index is 0.204. The number of aromatic nitrogens is 1. The van der Waals surface area contributed by atoms with Crippen molar-refractivity contribution in [2.45, 2.75) is 83.1 Å². The van der Waals surface area contributed by atoms with Gasteiger partial charge in [0.25, 0.3) is 5.91 Å². The monoisotopic (exact) mass is 529 g/mol. The summed E-state index contributed by atoms with van der Waals surface area (Å²) in [6.07, 6.45) is 14.7. The third-order valence-electron chi connectivity index (χ3n) is 7.77. The molecule has 1 aliphatic heterocycles. The molecule has 37 heavy (non-hydrogen) atoms. The number of esters is 1. The molecule has 4 rings (SSSR count). The Morgan fingerprint density at radius 3 is 2.70 bits per heavy atom. The highest BCUT2D eigenvalue weighted by Crippen LogP contribution is 2.35. The molecule has 0 radical (unpaired) electrons. The van der Waals surface area contributed by atoms with Gasteiger partial charge >= 0.3 is 5.97 Å². The number of likely N-dealkylation sites (tertiary alicyclic amines) is 1. The fourth-order valence-electron chi connectivity index (χ4n) is 5.72. The number of benzene rings is 1. The maximum Gasteiger partial charge on any atom is 0.305 e. The van der Waals surface area contributed by atoms with Crippen LogP contribution in [0.3, 0.4) is 0 Å². The van der Waals surface area contributed by atoms with E-state index in [1.807, 2.05) is 18.2 Å². The number of hydrogen-bond acceptors (Lipinski definition) is 6. The lowest BCUT2D eigenvalue weighted by atomic mass is 9.86. The van der Waals surface area contributed by atoms with Crippen molar-refractivity contribution in [2.24, 2.45) is 5.92 Å². The predicted molar refractivity (Wildman–Crippen MR) is 144 cm³/mol. The second-order valence-electron chi connectivity index (χ2n) is 10.4. The number of oxazole rings is 1. The van der Waals surface area contributed by atoms with Gasteiger partial charge in [0.2, 0.25) is 5.89 Å². The van der Waals surface area contributed by atoms with Crippen LogP contribution in [0.25, 0.3) is 0 Å². The highest BCUT2D eigenvalue weighted by atomic mass is 35.5. The number of nitrogens with zero attached hydrogens (tertiary/aromatic N) is 2. The van der Waals surface area contributed by atoms with Crippen LogP contribution in [0.4, 0.5) is 0 Å². The Labute approximate surface area is 225 Å². The number of unbranched alkanes of at least 4 members (excludes halogenated alkanes) is 1. The van der Waals surface area contributed by atoms with Gasteiger partial charge < -0.3 is 14.5 Å². The molecule has 2 heterocycles. The Bertz CT molecular complexity index is 1030. The van der Waals surface area contributed by atoms with Crippen LogP contribution in [0.1, 0.15) is 104 Å². The summed E-state index contributed by atoms with van der Waals surface area (Å²) < 4.78 is 10.8. The smallest absolute Gasteiger partial charge is 0.305 e. The number of carbonyl (C=O) groups is 2. The summed E-state index contributed by atoms with van der Waals surface area (Å²) in [5.41, 5.74) is 2.24. The number of rotatable bonds is 12. The first-order chi connectivity index (χ1) is 18.0. The van der Waals surface area contributed by atoms with Gasteiger partial charge in [0.1, 0.15) is 12.3 Å². The van der Waals surface area contributed by atoms with Crippen LogP contribution in [0, 0.1) is 5.92 Å². The molecule has 1 N–H and O–H groups in total. The minimum Gasteiger partial charge on any atom is -0.469 e. The van der Waals surface area contributed by atoms with E-state index in [1.165, 1.54) is 51.9 Å². The molecule has 202 valence electrons. The molecule has 1 aliphatic carbocycles. The largest absolute Gasteiger partial charge is 0.469 e. The van der Waals surface area contributed by atoms with Crippen LogP contribution in [0.5, 0.6) is 0 Å². The molecule has 1 unspecified atom stereocenters. The van der Waals surface area contributed by atoms with Crippen molar-refractivity contribution in [1.82, 2.24) is 15.2 Å². The van der Waals surface area contributed by atoms with Gasteiger partial charge in [-0.25, -0.2) is 4.98 Å². The maximum atomic E-state index is 12.8. The summed E-state index contributed by atoms with van der Waals surface area (Å²) in [7, 11) is 1.40. The first-order valence-electron chi connectivity index (χ1n) is 13.9. The van der Waals surface area contributed by atoms with E-state index in [1.54, 1.807) is 0 Å². The zero-order valence-corrected chi connectivity index (χ0v) is 22.7. The molecule has 1 atom stereocenters. The summed E-state index contributed by atoms with van der Waals surface area (Å²) in [4.78, 5) is 31.6. The lowest BCUT2D eigenvalue weighted by Crippen LogP contribution is -2.28. The van der Waals surface area contributed by atoms with Crippen LogP contribution in [0.2, 0.25) is 5.02 Å². The van der Waals surface area contributed by atoms with Crippen molar-refractivity contribution in [3.8, 4) is 0 Å². The SMILES string of the molecule is COC(=O)CCc1ccc(Cl)cc1C(c1nc(C(=O)NCCCCC2CCCCC2)co1)N1CCCC1. The molecule has 1 amide bonds. The molecular weight excluding hydrogens is 490 g/mol. The van der Waals surface area contributed by atoms with E-state index >= 15 is 0 Å². The molecule has 7 nitrogen and oxygen atoms in total. The van der Waals surface area contributed by atoms with Gasteiger partial charge in [-0.15, -0.1) is 0 Å². The topological polar surface area (TPSA) is 84.7 Å². The van der Waals surface area contributed by atoms with Gasteiger partial charge in [-0.3, -0.25) is 14.5 Å². The van der Waals surface area contributed by atoms with Gasteiger partial charge in [0.05, 0.1) is 7.11 Å². The molecule has 0 spiro atoms. The first-order valence-corrected chi connectivity index (χ1v) is 14.3. The molecule has 8 heteroatoms. The Kier molecular flexibility index (Phi) is 10.4. The predicted octanol–water partition coefficient (Wildman–Crippen LogP) is 6.10. The van der Waals surface area contributed by atoms with Gasteiger partial charge in [-0.2, -0.15) is 0 Å². The normalized spacial score (nSPS) is 17.6. The summed E-state index contributed by atoms with van der Waals surface area (Å²) in [6.45, 7) is 2.45. The van der Waals surface area contributed by atoms with E-state index in [9.17, 15) is 9.59 Å². The number of carbonyl (C=O) groups excluding carboxylic acids is 2. The van der Waals surface area contributed by atoms with Crippen molar-refractivity contribution in [3.05, 3.63) is 52.2 Å². The van der Waals surface area contributed by atoms with Crippen molar-refractivity contribution in [3.63, 3.8) is 0 Å². The summed E-state index contributed by atoms with van der Waals surface area (Å²) in [5.74, 6) is 0.886. The number of aryl methyl sites for hydroxylation is 1. The average Bonchev–Trinajstić information content (AvgIpc) is 3.62. The van der Waals surface area contributed by atoms with Crippen LogP contribution in [-0.2, 0) is 16.0 Å². The minimum atomic E-state index is -0.272. The third kappa shape index (κ3) is 7.81.